The number of rotatable bonds is 0. The van der Waals surface area contributed by atoms with E-state index in [-0.39, 0.29) is 11.9 Å². The molecule has 1 amide bonds. The summed E-state index contributed by atoms with van der Waals surface area (Å²) in [7, 11) is 0. The topological polar surface area (TPSA) is 46.6 Å². The van der Waals surface area contributed by atoms with Gasteiger partial charge in [-0.25, -0.2) is 4.79 Å². The van der Waals surface area contributed by atoms with E-state index < -0.39 is 11.1 Å². The van der Waals surface area contributed by atoms with Crippen LogP contribution < -0.4 is 0 Å². The van der Waals surface area contributed by atoms with Crippen molar-refractivity contribution in [1.82, 2.24) is 4.90 Å². The number of Topliss-reactive ketones (excluding diaryl/α,β-unsaturated/α-hetero) is 1. The van der Waals surface area contributed by atoms with Crippen LogP contribution in [-0.4, -0.2) is 34.5 Å². The van der Waals surface area contributed by atoms with E-state index in [4.69, 9.17) is 4.74 Å². The maximum absolute atomic E-state index is 12.1. The van der Waals surface area contributed by atoms with Gasteiger partial charge >= 0.3 is 6.09 Å². The minimum Gasteiger partial charge on any atom is -0.444 e. The first-order chi connectivity index (χ1) is 7.85. The summed E-state index contributed by atoms with van der Waals surface area (Å²) in [6.45, 7) is 6.08. The summed E-state index contributed by atoms with van der Waals surface area (Å²) in [5.74, 6) is 0.223. The summed E-state index contributed by atoms with van der Waals surface area (Å²) in [5, 5.41) is 0. The maximum Gasteiger partial charge on any atom is 0.411 e. The fourth-order valence-corrected chi connectivity index (χ4v) is 2.90. The first kappa shape index (κ1) is 12.4. The van der Waals surface area contributed by atoms with Crippen molar-refractivity contribution >= 4 is 11.9 Å². The van der Waals surface area contributed by atoms with Crippen molar-refractivity contribution in [3.8, 4) is 0 Å². The molecule has 0 aromatic carbocycles. The molecule has 1 saturated heterocycles. The maximum atomic E-state index is 12.1. The molecule has 0 aromatic heterocycles. The molecule has 0 bridgehead atoms. The number of amides is 1. The van der Waals surface area contributed by atoms with Crippen molar-refractivity contribution < 1.29 is 14.3 Å². The molecule has 0 unspecified atom stereocenters. The van der Waals surface area contributed by atoms with Gasteiger partial charge in [0.25, 0.3) is 0 Å². The van der Waals surface area contributed by atoms with Crippen LogP contribution in [0, 0.1) is 0 Å². The Kier molecular flexibility index (Phi) is 2.92. The molecule has 17 heavy (non-hydrogen) atoms. The Bertz CT molecular complexity index is 337. The van der Waals surface area contributed by atoms with Gasteiger partial charge in [-0.1, -0.05) is 12.8 Å². The summed E-state index contributed by atoms with van der Waals surface area (Å²) < 4.78 is 5.39. The van der Waals surface area contributed by atoms with E-state index in [1.165, 1.54) is 0 Å². The second kappa shape index (κ2) is 4.00. The molecule has 4 nitrogen and oxygen atoms in total. The van der Waals surface area contributed by atoms with Crippen LogP contribution in [0.3, 0.4) is 0 Å². The summed E-state index contributed by atoms with van der Waals surface area (Å²) in [4.78, 5) is 25.8. The van der Waals surface area contributed by atoms with Gasteiger partial charge in [-0.05, 0) is 33.6 Å². The molecule has 4 heteroatoms. The SMILES string of the molecule is CC(C)(C)OC(=O)N1CCC(=O)C12CCCC2. The van der Waals surface area contributed by atoms with Crippen molar-refractivity contribution in [2.45, 2.75) is 64.0 Å². The molecule has 1 aliphatic carbocycles. The number of hydrogen-bond donors (Lipinski definition) is 0. The zero-order chi connectivity index (χ0) is 12.7. The third-order valence-electron chi connectivity index (χ3n) is 3.64. The normalized spacial score (nSPS) is 23.5. The van der Waals surface area contributed by atoms with Gasteiger partial charge in [0.05, 0.1) is 0 Å². The number of nitrogens with zero attached hydrogens (tertiary/aromatic N) is 1. The van der Waals surface area contributed by atoms with Gasteiger partial charge in [0.15, 0.2) is 5.78 Å². The van der Waals surface area contributed by atoms with Crippen LogP contribution in [0.4, 0.5) is 4.79 Å². The largest absolute Gasteiger partial charge is 0.444 e. The van der Waals surface area contributed by atoms with Crippen LogP contribution in [0.15, 0.2) is 0 Å². The van der Waals surface area contributed by atoms with Crippen LogP contribution >= 0.6 is 0 Å². The number of ketones is 1. The average molecular weight is 239 g/mol. The molecule has 1 saturated carbocycles. The van der Waals surface area contributed by atoms with Crippen LogP contribution in [0.25, 0.3) is 0 Å². The molecule has 1 aliphatic heterocycles. The Labute approximate surface area is 102 Å². The van der Waals surface area contributed by atoms with Crippen molar-refractivity contribution in [3.05, 3.63) is 0 Å². The number of carbonyl (C=O) groups excluding carboxylic acids is 2. The van der Waals surface area contributed by atoms with Gasteiger partial charge in [-0.3, -0.25) is 9.69 Å². The fourth-order valence-electron chi connectivity index (χ4n) is 2.90. The van der Waals surface area contributed by atoms with E-state index in [1.54, 1.807) is 4.90 Å². The molecule has 0 radical (unpaired) electrons. The lowest BCUT2D eigenvalue weighted by atomic mass is 9.93. The predicted octanol–water partition coefficient (Wildman–Crippen LogP) is 2.51. The van der Waals surface area contributed by atoms with E-state index >= 15 is 0 Å². The van der Waals surface area contributed by atoms with Crippen molar-refractivity contribution in [3.63, 3.8) is 0 Å². The molecule has 0 atom stereocenters. The van der Waals surface area contributed by atoms with Gasteiger partial charge in [0.1, 0.15) is 11.1 Å². The van der Waals surface area contributed by atoms with Crippen LogP contribution in [0.2, 0.25) is 0 Å². The summed E-state index contributed by atoms with van der Waals surface area (Å²) in [6, 6.07) is 0. The monoisotopic (exact) mass is 239 g/mol. The quantitative estimate of drug-likeness (QED) is 0.652. The van der Waals surface area contributed by atoms with Gasteiger partial charge < -0.3 is 4.74 Å². The standard InChI is InChI=1S/C13H21NO3/c1-12(2,3)17-11(16)14-9-6-10(15)13(14)7-4-5-8-13/h4-9H2,1-3H3. The lowest BCUT2D eigenvalue weighted by Gasteiger charge is -2.34. The van der Waals surface area contributed by atoms with Crippen LogP contribution in [0.1, 0.15) is 52.9 Å². The fraction of sp³-hybridized carbons (Fsp3) is 0.846. The number of hydrogen-bond acceptors (Lipinski definition) is 3. The molecular formula is C13H21NO3. The Balaban J connectivity index is 2.15. The molecule has 2 rings (SSSR count). The van der Waals surface area contributed by atoms with Crippen molar-refractivity contribution in [2.24, 2.45) is 0 Å². The summed E-state index contributed by atoms with van der Waals surface area (Å²) >= 11 is 0. The minimum absolute atomic E-state index is 0.223. The van der Waals surface area contributed by atoms with E-state index in [1.807, 2.05) is 20.8 Å². The smallest absolute Gasteiger partial charge is 0.411 e. The molecule has 96 valence electrons. The second-order valence-electron chi connectivity index (χ2n) is 6.04. The molecule has 0 N–H and O–H groups in total. The highest BCUT2D eigenvalue weighted by Gasteiger charge is 2.52. The van der Waals surface area contributed by atoms with Gasteiger partial charge in [0.2, 0.25) is 0 Å². The van der Waals surface area contributed by atoms with Crippen molar-refractivity contribution in [1.29, 1.82) is 0 Å². The Hall–Kier alpha value is -1.06. The third-order valence-corrected chi connectivity index (χ3v) is 3.64. The number of ether oxygens (including phenoxy) is 1. The van der Waals surface area contributed by atoms with Gasteiger partial charge in [-0.2, -0.15) is 0 Å². The molecule has 2 fully saturated rings. The highest BCUT2D eigenvalue weighted by atomic mass is 16.6. The molecule has 1 spiro atoms. The third kappa shape index (κ3) is 2.17. The van der Waals surface area contributed by atoms with E-state index in [0.717, 1.165) is 25.7 Å². The zero-order valence-corrected chi connectivity index (χ0v) is 10.9. The number of likely N-dealkylation sites (tertiary alicyclic amines) is 1. The molecule has 2 aliphatic rings. The van der Waals surface area contributed by atoms with Crippen LogP contribution in [0.5, 0.6) is 0 Å². The van der Waals surface area contributed by atoms with E-state index in [9.17, 15) is 9.59 Å². The van der Waals surface area contributed by atoms with Crippen molar-refractivity contribution in [2.75, 3.05) is 6.54 Å². The lowest BCUT2D eigenvalue weighted by molar-refractivity contribution is -0.124. The highest BCUT2D eigenvalue weighted by molar-refractivity contribution is 5.95. The summed E-state index contributed by atoms with van der Waals surface area (Å²) in [5.41, 5.74) is -1.02. The van der Waals surface area contributed by atoms with Crippen LogP contribution in [-0.2, 0) is 9.53 Å². The van der Waals surface area contributed by atoms with E-state index in [2.05, 4.69) is 0 Å². The lowest BCUT2D eigenvalue weighted by Crippen LogP contribution is -2.50. The summed E-state index contributed by atoms with van der Waals surface area (Å²) in [6.07, 6.45) is 3.84. The predicted molar refractivity (Wildman–Crippen MR) is 63.8 cm³/mol. The Morgan fingerprint density at radius 3 is 2.41 bits per heavy atom. The highest BCUT2D eigenvalue weighted by Crippen LogP contribution is 2.41. The zero-order valence-electron chi connectivity index (χ0n) is 10.9. The van der Waals surface area contributed by atoms with Gasteiger partial charge in [-0.15, -0.1) is 0 Å². The first-order valence-electron chi connectivity index (χ1n) is 6.39. The Morgan fingerprint density at radius 1 is 1.29 bits per heavy atom. The minimum atomic E-state index is -0.525. The molecule has 0 aromatic rings. The average Bonchev–Trinajstić information content (AvgIpc) is 2.75. The second-order valence-corrected chi connectivity index (χ2v) is 6.04. The first-order valence-corrected chi connectivity index (χ1v) is 6.39. The molecular weight excluding hydrogens is 218 g/mol. The molecule has 1 heterocycles. The number of carbonyl (C=O) groups is 2. The Morgan fingerprint density at radius 2 is 1.88 bits per heavy atom. The van der Waals surface area contributed by atoms with Gasteiger partial charge in [0, 0.05) is 13.0 Å². The van der Waals surface area contributed by atoms with E-state index in [0.29, 0.717) is 13.0 Å².